The van der Waals surface area contributed by atoms with Crippen molar-refractivity contribution in [2.24, 2.45) is 0 Å². The van der Waals surface area contributed by atoms with Crippen LogP contribution in [0.2, 0.25) is 0 Å². The Kier molecular flexibility index (Phi) is 7.64. The summed E-state index contributed by atoms with van der Waals surface area (Å²) in [5.41, 5.74) is 5.06. The minimum atomic E-state index is -0.663. The van der Waals surface area contributed by atoms with Crippen LogP contribution >= 0.6 is 12.4 Å². The molecular weight excluding hydrogens is 470 g/mol. The maximum Gasteiger partial charge on any atom is 0.338 e. The normalized spacial score (nSPS) is 22.9. The van der Waals surface area contributed by atoms with E-state index in [1.54, 1.807) is 18.2 Å². The van der Waals surface area contributed by atoms with Gasteiger partial charge < -0.3 is 19.3 Å². The number of benzene rings is 2. The second-order valence-corrected chi connectivity index (χ2v) is 9.20. The van der Waals surface area contributed by atoms with Crippen molar-refractivity contribution in [2.45, 2.75) is 31.8 Å². The van der Waals surface area contributed by atoms with Gasteiger partial charge in [0.1, 0.15) is 18.4 Å². The number of nitrogens with zero attached hydrogens (tertiary/aromatic N) is 3. The molecule has 8 nitrogen and oxygen atoms in total. The van der Waals surface area contributed by atoms with E-state index >= 15 is 0 Å². The summed E-state index contributed by atoms with van der Waals surface area (Å²) in [6, 6.07) is 11.5. The number of carbonyl (C=O) groups excluding carboxylic acids is 1. The highest BCUT2D eigenvalue weighted by Crippen LogP contribution is 2.34. The van der Waals surface area contributed by atoms with Crippen molar-refractivity contribution >= 4 is 18.4 Å². The zero-order chi connectivity index (χ0) is 23.8. The fraction of sp³-hybridized carbons (Fsp3) is 0.462. The number of cyclic esters (lactones) is 1. The zero-order valence-corrected chi connectivity index (χ0v) is 20.7. The number of piperazine rings is 1. The van der Waals surface area contributed by atoms with Gasteiger partial charge in [-0.05, 0) is 41.8 Å². The van der Waals surface area contributed by atoms with E-state index in [1.807, 2.05) is 19.1 Å². The van der Waals surface area contributed by atoms with Crippen LogP contribution in [0.15, 0.2) is 30.3 Å². The summed E-state index contributed by atoms with van der Waals surface area (Å²) < 4.78 is 16.8. The molecule has 0 saturated carbocycles. The minimum absolute atomic E-state index is 0. The van der Waals surface area contributed by atoms with E-state index in [9.17, 15) is 15.2 Å². The molecule has 0 radical (unpaired) electrons. The van der Waals surface area contributed by atoms with Gasteiger partial charge >= 0.3 is 5.97 Å². The van der Waals surface area contributed by atoms with Crippen LogP contribution in [0.3, 0.4) is 0 Å². The molecular formula is C26H30ClN3O5. The Labute approximate surface area is 211 Å². The van der Waals surface area contributed by atoms with E-state index in [4.69, 9.17) is 14.2 Å². The van der Waals surface area contributed by atoms with E-state index in [1.165, 1.54) is 7.11 Å². The van der Waals surface area contributed by atoms with Gasteiger partial charge in [-0.25, -0.2) is 4.79 Å². The number of halogens is 1. The second kappa shape index (κ2) is 10.5. The maximum absolute atomic E-state index is 11.8. The van der Waals surface area contributed by atoms with Gasteiger partial charge in [0.2, 0.25) is 0 Å². The van der Waals surface area contributed by atoms with Gasteiger partial charge in [0.05, 0.1) is 37.1 Å². The van der Waals surface area contributed by atoms with E-state index in [0.29, 0.717) is 36.6 Å². The minimum Gasteiger partial charge on any atom is -0.495 e. The lowest BCUT2D eigenvalue weighted by Gasteiger charge is -2.46. The molecule has 2 aromatic carbocycles. The average molecular weight is 500 g/mol. The van der Waals surface area contributed by atoms with Gasteiger partial charge in [-0.3, -0.25) is 9.80 Å². The van der Waals surface area contributed by atoms with Crippen LogP contribution in [-0.4, -0.2) is 73.4 Å². The summed E-state index contributed by atoms with van der Waals surface area (Å²) in [4.78, 5) is 16.6. The SMILES string of the molecule is COc1cc(C(O)CN2CCN3C[C@@H](c4ccc5c(c4C)COC5=O)OC[C@@H]3C2)ccc1C#N.Cl. The van der Waals surface area contributed by atoms with Gasteiger partial charge in [0.15, 0.2) is 0 Å². The Balaban J connectivity index is 0.00000289. The number of β-amino-alcohol motifs (C(OH)–C–C–N with tert-alkyl or cyclic N) is 1. The maximum atomic E-state index is 11.8. The van der Waals surface area contributed by atoms with E-state index in [-0.39, 0.29) is 30.5 Å². The topological polar surface area (TPSA) is 95.3 Å². The fourth-order valence-corrected chi connectivity index (χ4v) is 5.28. The van der Waals surface area contributed by atoms with Gasteiger partial charge in [-0.2, -0.15) is 5.26 Å². The van der Waals surface area contributed by atoms with Crippen molar-refractivity contribution in [3.8, 4) is 11.8 Å². The van der Waals surface area contributed by atoms with Crippen LogP contribution in [-0.2, 0) is 16.1 Å². The van der Waals surface area contributed by atoms with E-state index < -0.39 is 6.10 Å². The van der Waals surface area contributed by atoms with Crippen molar-refractivity contribution in [3.63, 3.8) is 0 Å². The molecule has 3 aliphatic heterocycles. The summed E-state index contributed by atoms with van der Waals surface area (Å²) in [6.45, 7) is 6.91. The van der Waals surface area contributed by atoms with E-state index in [2.05, 4.69) is 15.9 Å². The van der Waals surface area contributed by atoms with Gasteiger partial charge in [-0.15, -0.1) is 12.4 Å². The van der Waals surface area contributed by atoms with Crippen LogP contribution in [0.4, 0.5) is 0 Å². The first-order valence-corrected chi connectivity index (χ1v) is 11.6. The molecule has 9 heteroatoms. The molecule has 0 spiro atoms. The summed E-state index contributed by atoms with van der Waals surface area (Å²) >= 11 is 0. The molecule has 0 amide bonds. The number of carbonyl (C=O) groups is 1. The van der Waals surface area contributed by atoms with Gasteiger partial charge in [0.25, 0.3) is 0 Å². The number of methoxy groups -OCH3 is 1. The Bertz CT molecular complexity index is 1150. The lowest BCUT2D eigenvalue weighted by atomic mass is 9.94. The largest absolute Gasteiger partial charge is 0.495 e. The predicted molar refractivity (Wildman–Crippen MR) is 131 cm³/mol. The first-order valence-electron chi connectivity index (χ1n) is 11.6. The zero-order valence-electron chi connectivity index (χ0n) is 19.9. The molecule has 186 valence electrons. The summed E-state index contributed by atoms with van der Waals surface area (Å²) in [5, 5.41) is 20.0. The number of ether oxygens (including phenoxy) is 3. The summed E-state index contributed by atoms with van der Waals surface area (Å²) in [5.74, 6) is 0.236. The second-order valence-electron chi connectivity index (χ2n) is 9.20. The number of hydrogen-bond donors (Lipinski definition) is 1. The smallest absolute Gasteiger partial charge is 0.338 e. The van der Waals surface area contributed by atoms with Crippen molar-refractivity contribution in [2.75, 3.05) is 46.4 Å². The van der Waals surface area contributed by atoms with Crippen LogP contribution in [0.5, 0.6) is 5.75 Å². The lowest BCUT2D eigenvalue weighted by molar-refractivity contribution is -0.0939. The van der Waals surface area contributed by atoms with Crippen molar-refractivity contribution in [1.29, 1.82) is 5.26 Å². The summed E-state index contributed by atoms with van der Waals surface area (Å²) in [6.07, 6.45) is -0.690. The van der Waals surface area contributed by atoms with Crippen molar-refractivity contribution in [3.05, 3.63) is 63.7 Å². The number of aliphatic hydroxyl groups is 1. The van der Waals surface area contributed by atoms with Crippen molar-refractivity contribution < 1.29 is 24.1 Å². The van der Waals surface area contributed by atoms with Crippen LogP contribution in [0.1, 0.15) is 50.4 Å². The molecule has 3 heterocycles. The number of esters is 1. The number of nitriles is 1. The molecule has 35 heavy (non-hydrogen) atoms. The molecule has 2 fully saturated rings. The lowest BCUT2D eigenvalue weighted by Crippen LogP contribution is -2.58. The number of aliphatic hydroxyl groups excluding tert-OH is 1. The molecule has 3 atom stereocenters. The molecule has 2 aromatic rings. The molecule has 2 saturated heterocycles. The van der Waals surface area contributed by atoms with Crippen molar-refractivity contribution in [1.82, 2.24) is 9.80 Å². The quantitative estimate of drug-likeness (QED) is 0.627. The Morgan fingerprint density at radius 1 is 1.26 bits per heavy atom. The third kappa shape index (κ3) is 4.88. The van der Waals surface area contributed by atoms with Gasteiger partial charge in [0, 0.05) is 44.3 Å². The highest BCUT2D eigenvalue weighted by Gasteiger charge is 2.36. The summed E-state index contributed by atoms with van der Waals surface area (Å²) in [7, 11) is 1.53. The highest BCUT2D eigenvalue weighted by atomic mass is 35.5. The number of hydrogen-bond acceptors (Lipinski definition) is 8. The van der Waals surface area contributed by atoms with Crippen LogP contribution in [0, 0.1) is 18.3 Å². The number of rotatable bonds is 5. The predicted octanol–water partition coefficient (Wildman–Crippen LogP) is 2.76. The monoisotopic (exact) mass is 499 g/mol. The molecule has 0 aliphatic carbocycles. The Morgan fingerprint density at radius 2 is 2.09 bits per heavy atom. The number of fused-ring (bicyclic) bond motifs is 2. The third-order valence-corrected chi connectivity index (χ3v) is 7.30. The molecule has 1 N–H and O–H groups in total. The Morgan fingerprint density at radius 3 is 2.86 bits per heavy atom. The molecule has 3 aliphatic rings. The first kappa shape index (κ1) is 25.4. The highest BCUT2D eigenvalue weighted by molar-refractivity contribution is 5.94. The molecule has 0 aromatic heterocycles. The van der Waals surface area contributed by atoms with E-state index in [0.717, 1.165) is 48.4 Å². The standard InChI is InChI=1S/C26H29N3O5.ClH/c1-16-20(5-6-21-22(16)15-34-26(21)31)25-13-29-8-7-28(11-19(29)14-33-25)12-23(30)17-3-4-18(10-27)24(9-17)32-2;/h3-6,9,19,23,25,30H,7-8,11-15H2,1-2H3;1H/t19-,23?,25-;/m0./s1. The van der Waals surface area contributed by atoms with Crippen LogP contribution in [0.25, 0.3) is 0 Å². The van der Waals surface area contributed by atoms with Gasteiger partial charge in [-0.1, -0.05) is 12.1 Å². The third-order valence-electron chi connectivity index (χ3n) is 7.30. The number of morpholine rings is 1. The Hall–Kier alpha value is -2.67. The fourth-order valence-electron chi connectivity index (χ4n) is 5.28. The van der Waals surface area contributed by atoms with Crippen LogP contribution < -0.4 is 4.74 Å². The molecule has 5 rings (SSSR count). The first-order chi connectivity index (χ1) is 16.5. The average Bonchev–Trinajstić information content (AvgIpc) is 3.25. The molecule has 1 unspecified atom stereocenters. The molecule has 0 bridgehead atoms.